The molecule has 0 spiro atoms. The maximum absolute atomic E-state index is 12.0. The van der Waals surface area contributed by atoms with Gasteiger partial charge in [-0.05, 0) is 12.0 Å². The molecule has 1 fully saturated rings. The number of aromatic nitrogens is 2. The second kappa shape index (κ2) is 8.10. The Morgan fingerprint density at radius 1 is 1.29 bits per heavy atom. The smallest absolute Gasteiger partial charge is 0.321 e. The molecular formula is C17H22N4O2S. The minimum atomic E-state index is -0.288. The third-order valence-electron chi connectivity index (χ3n) is 4.26. The molecule has 0 saturated heterocycles. The van der Waals surface area contributed by atoms with E-state index in [2.05, 4.69) is 20.8 Å². The Morgan fingerprint density at radius 3 is 2.88 bits per heavy atom. The van der Waals surface area contributed by atoms with Crippen LogP contribution in [0.5, 0.6) is 5.75 Å². The first-order valence-electron chi connectivity index (χ1n) is 8.23. The van der Waals surface area contributed by atoms with E-state index >= 15 is 0 Å². The lowest BCUT2D eigenvalue weighted by molar-refractivity contribution is 0.251. The Labute approximate surface area is 145 Å². The first-order valence-corrected chi connectivity index (χ1v) is 9.05. The summed E-state index contributed by atoms with van der Waals surface area (Å²) in [6, 6.07) is 7.32. The van der Waals surface area contributed by atoms with Gasteiger partial charge in [-0.1, -0.05) is 55.2 Å². The van der Waals surface area contributed by atoms with Gasteiger partial charge in [-0.3, -0.25) is 5.32 Å². The van der Waals surface area contributed by atoms with Crippen molar-refractivity contribution in [2.75, 3.05) is 12.4 Å². The van der Waals surface area contributed by atoms with Crippen LogP contribution in [-0.4, -0.2) is 23.3 Å². The van der Waals surface area contributed by atoms with Crippen LogP contribution in [0.2, 0.25) is 0 Å². The van der Waals surface area contributed by atoms with Gasteiger partial charge in [-0.2, -0.15) is 0 Å². The molecule has 1 aromatic heterocycles. The number of methoxy groups -OCH3 is 1. The quantitative estimate of drug-likeness (QED) is 0.838. The van der Waals surface area contributed by atoms with Crippen molar-refractivity contribution >= 4 is 22.5 Å². The third-order valence-corrected chi connectivity index (χ3v) is 5.12. The molecule has 1 heterocycles. The lowest BCUT2D eigenvalue weighted by Crippen LogP contribution is -2.28. The summed E-state index contributed by atoms with van der Waals surface area (Å²) in [5.74, 6) is 1.48. The highest BCUT2D eigenvalue weighted by molar-refractivity contribution is 7.15. The molecule has 0 aliphatic heterocycles. The van der Waals surface area contributed by atoms with Gasteiger partial charge < -0.3 is 10.1 Å². The van der Waals surface area contributed by atoms with E-state index in [1.54, 1.807) is 7.11 Å². The molecule has 6 nitrogen and oxygen atoms in total. The predicted molar refractivity (Wildman–Crippen MR) is 94.4 cm³/mol. The van der Waals surface area contributed by atoms with E-state index in [1.165, 1.54) is 37.0 Å². The average Bonchev–Trinajstić information content (AvgIpc) is 3.26. The number of carbonyl (C=O) groups excluding carboxylic acids is 1. The summed E-state index contributed by atoms with van der Waals surface area (Å²) in [4.78, 5) is 12.0. The molecule has 1 aromatic carbocycles. The summed E-state index contributed by atoms with van der Waals surface area (Å²) >= 11 is 1.46. The molecule has 0 bridgehead atoms. The van der Waals surface area contributed by atoms with Crippen LogP contribution in [-0.2, 0) is 13.0 Å². The van der Waals surface area contributed by atoms with E-state index in [0.29, 0.717) is 11.7 Å². The molecule has 0 atom stereocenters. The highest BCUT2D eigenvalue weighted by atomic mass is 32.1. The number of hydrogen-bond donors (Lipinski definition) is 2. The van der Waals surface area contributed by atoms with Crippen LogP contribution in [0.15, 0.2) is 24.3 Å². The predicted octanol–water partition coefficient (Wildman–Crippen LogP) is 3.60. The SMILES string of the molecule is COc1ccccc1CNC(=O)Nc1nnc(CC2CCCC2)s1. The van der Waals surface area contributed by atoms with Crippen molar-refractivity contribution < 1.29 is 9.53 Å². The summed E-state index contributed by atoms with van der Waals surface area (Å²) < 4.78 is 5.27. The number of anilines is 1. The number of benzene rings is 1. The Kier molecular flexibility index (Phi) is 5.63. The topological polar surface area (TPSA) is 76.1 Å². The van der Waals surface area contributed by atoms with Crippen LogP contribution in [0.25, 0.3) is 0 Å². The van der Waals surface area contributed by atoms with Crippen molar-refractivity contribution in [3.05, 3.63) is 34.8 Å². The van der Waals surface area contributed by atoms with Gasteiger partial charge in [0.2, 0.25) is 5.13 Å². The van der Waals surface area contributed by atoms with E-state index < -0.39 is 0 Å². The molecule has 2 aromatic rings. The number of urea groups is 1. The summed E-state index contributed by atoms with van der Waals surface area (Å²) in [6.07, 6.45) is 6.17. The zero-order chi connectivity index (χ0) is 16.8. The van der Waals surface area contributed by atoms with Crippen LogP contribution < -0.4 is 15.4 Å². The fourth-order valence-electron chi connectivity index (χ4n) is 3.01. The Balaban J connectivity index is 1.49. The molecule has 1 aliphatic rings. The molecular weight excluding hydrogens is 324 g/mol. The number of carbonyl (C=O) groups is 1. The lowest BCUT2D eigenvalue weighted by atomic mass is 10.1. The number of hydrogen-bond acceptors (Lipinski definition) is 5. The summed E-state index contributed by atoms with van der Waals surface area (Å²) in [5, 5.41) is 15.3. The largest absolute Gasteiger partial charge is 0.496 e. The Morgan fingerprint density at radius 2 is 2.08 bits per heavy atom. The third kappa shape index (κ3) is 4.44. The molecule has 128 valence electrons. The van der Waals surface area contributed by atoms with Crippen molar-refractivity contribution in [1.82, 2.24) is 15.5 Å². The molecule has 7 heteroatoms. The van der Waals surface area contributed by atoms with E-state index in [9.17, 15) is 4.79 Å². The number of nitrogens with one attached hydrogen (secondary N) is 2. The van der Waals surface area contributed by atoms with Crippen LogP contribution in [0.4, 0.5) is 9.93 Å². The Bertz CT molecular complexity index is 683. The molecule has 3 rings (SSSR count). The molecule has 1 aliphatic carbocycles. The fourth-order valence-corrected chi connectivity index (χ4v) is 3.86. The zero-order valence-electron chi connectivity index (χ0n) is 13.7. The molecule has 0 unspecified atom stereocenters. The van der Waals surface area contributed by atoms with Gasteiger partial charge in [-0.15, -0.1) is 10.2 Å². The van der Waals surface area contributed by atoms with Gasteiger partial charge in [0.1, 0.15) is 10.8 Å². The van der Waals surface area contributed by atoms with E-state index in [1.807, 2.05) is 24.3 Å². The average molecular weight is 346 g/mol. The van der Waals surface area contributed by atoms with Crippen LogP contribution in [0.3, 0.4) is 0 Å². The number of rotatable bonds is 6. The van der Waals surface area contributed by atoms with Crippen molar-refractivity contribution in [2.24, 2.45) is 5.92 Å². The lowest BCUT2D eigenvalue weighted by Gasteiger charge is -2.09. The maximum Gasteiger partial charge on any atom is 0.321 e. The van der Waals surface area contributed by atoms with Crippen LogP contribution in [0, 0.1) is 5.92 Å². The fraction of sp³-hybridized carbons (Fsp3) is 0.471. The van der Waals surface area contributed by atoms with Crippen molar-refractivity contribution in [2.45, 2.75) is 38.6 Å². The standard InChI is InChI=1S/C17H22N4O2S/c1-23-14-9-5-4-8-13(14)11-18-16(22)19-17-21-20-15(24-17)10-12-6-2-3-7-12/h4-5,8-9,12H,2-3,6-7,10-11H2,1H3,(H2,18,19,21,22). The Hall–Kier alpha value is -2.15. The van der Waals surface area contributed by atoms with Gasteiger partial charge in [0.05, 0.1) is 7.11 Å². The minimum Gasteiger partial charge on any atom is -0.496 e. The van der Waals surface area contributed by atoms with E-state index in [-0.39, 0.29) is 6.03 Å². The zero-order valence-corrected chi connectivity index (χ0v) is 14.6. The van der Waals surface area contributed by atoms with E-state index in [0.717, 1.165) is 28.7 Å². The normalized spacial score (nSPS) is 14.5. The van der Waals surface area contributed by atoms with Crippen molar-refractivity contribution in [1.29, 1.82) is 0 Å². The summed E-state index contributed by atoms with van der Waals surface area (Å²) in [6.45, 7) is 0.392. The molecule has 1 saturated carbocycles. The summed E-state index contributed by atoms with van der Waals surface area (Å²) in [7, 11) is 1.62. The van der Waals surface area contributed by atoms with Gasteiger partial charge >= 0.3 is 6.03 Å². The van der Waals surface area contributed by atoms with Crippen molar-refractivity contribution in [3.63, 3.8) is 0 Å². The maximum atomic E-state index is 12.0. The van der Waals surface area contributed by atoms with Gasteiger partial charge in [0.25, 0.3) is 0 Å². The summed E-state index contributed by atoms with van der Waals surface area (Å²) in [5.41, 5.74) is 0.925. The van der Waals surface area contributed by atoms with Gasteiger partial charge in [0, 0.05) is 18.5 Å². The van der Waals surface area contributed by atoms with Crippen LogP contribution in [0.1, 0.15) is 36.3 Å². The number of amides is 2. The first kappa shape index (κ1) is 16.7. The van der Waals surface area contributed by atoms with Crippen LogP contribution >= 0.6 is 11.3 Å². The molecule has 2 amide bonds. The van der Waals surface area contributed by atoms with Crippen molar-refractivity contribution in [3.8, 4) is 5.75 Å². The second-order valence-electron chi connectivity index (χ2n) is 5.98. The second-order valence-corrected chi connectivity index (χ2v) is 7.04. The van der Waals surface area contributed by atoms with Gasteiger partial charge in [-0.25, -0.2) is 4.79 Å². The van der Waals surface area contributed by atoms with E-state index in [4.69, 9.17) is 4.74 Å². The number of para-hydroxylation sites is 1. The first-order chi connectivity index (χ1) is 11.7. The number of nitrogens with zero attached hydrogens (tertiary/aromatic N) is 2. The minimum absolute atomic E-state index is 0.288. The number of ether oxygens (including phenoxy) is 1. The molecule has 24 heavy (non-hydrogen) atoms. The molecule has 2 N–H and O–H groups in total. The monoisotopic (exact) mass is 346 g/mol. The highest BCUT2D eigenvalue weighted by Crippen LogP contribution is 2.29. The van der Waals surface area contributed by atoms with Gasteiger partial charge in [0.15, 0.2) is 0 Å². The molecule has 0 radical (unpaired) electrons. The highest BCUT2D eigenvalue weighted by Gasteiger charge is 2.18.